The third-order valence-electron chi connectivity index (χ3n) is 2.79. The number of rotatable bonds is 4. The van der Waals surface area contributed by atoms with Gasteiger partial charge in [-0.3, -0.25) is 0 Å². The van der Waals surface area contributed by atoms with E-state index < -0.39 is 0 Å². The number of benzene rings is 1. The largest absolute Gasteiger partial charge is 0.395 e. The molecular weight excluding hydrogens is 299 g/mol. The molecule has 2 rings (SSSR count). The van der Waals surface area contributed by atoms with Crippen molar-refractivity contribution in [2.45, 2.75) is 6.92 Å². The minimum absolute atomic E-state index is 0.0717. The molecule has 0 aliphatic rings. The molecule has 2 aromatic rings. The second-order valence-electron chi connectivity index (χ2n) is 3.93. The average Bonchev–Trinajstić information content (AvgIpc) is 2.37. The predicted octanol–water partition coefficient (Wildman–Crippen LogP) is 2.96. The standard InChI is InChI=1S/C13H14BrFN2O/c1-2-17(5-6-18)13-4-3-9-7-10(14)11(15)8-12(9)16-13/h3-4,7-8,18H,2,5-6H2,1H3. The summed E-state index contributed by atoms with van der Waals surface area (Å²) in [5, 5.41) is 9.87. The fraction of sp³-hybridized carbons (Fsp3) is 0.308. The molecule has 1 aromatic heterocycles. The summed E-state index contributed by atoms with van der Waals surface area (Å²) in [6.45, 7) is 3.33. The van der Waals surface area contributed by atoms with E-state index in [1.807, 2.05) is 24.0 Å². The second-order valence-corrected chi connectivity index (χ2v) is 4.79. The number of hydrogen-bond donors (Lipinski definition) is 1. The molecule has 0 bridgehead atoms. The van der Waals surface area contributed by atoms with Gasteiger partial charge < -0.3 is 10.0 Å². The molecule has 18 heavy (non-hydrogen) atoms. The number of fused-ring (bicyclic) bond motifs is 1. The van der Waals surface area contributed by atoms with Gasteiger partial charge in [0.05, 0.1) is 16.6 Å². The smallest absolute Gasteiger partial charge is 0.139 e. The van der Waals surface area contributed by atoms with Gasteiger partial charge >= 0.3 is 0 Å². The Kier molecular flexibility index (Phi) is 4.14. The van der Waals surface area contributed by atoms with Crippen LogP contribution >= 0.6 is 15.9 Å². The van der Waals surface area contributed by atoms with Crippen molar-refractivity contribution in [3.05, 3.63) is 34.6 Å². The minimum Gasteiger partial charge on any atom is -0.395 e. The molecule has 1 N–H and O–H groups in total. The van der Waals surface area contributed by atoms with E-state index >= 15 is 0 Å². The Hall–Kier alpha value is -1.20. The number of nitrogens with zero attached hydrogens (tertiary/aromatic N) is 2. The zero-order valence-electron chi connectivity index (χ0n) is 10.0. The first-order chi connectivity index (χ1) is 8.65. The molecule has 0 radical (unpaired) electrons. The lowest BCUT2D eigenvalue weighted by Gasteiger charge is -2.21. The van der Waals surface area contributed by atoms with Crippen LogP contribution in [0.4, 0.5) is 10.2 Å². The molecule has 0 unspecified atom stereocenters. The van der Waals surface area contributed by atoms with E-state index in [1.54, 1.807) is 6.07 Å². The number of aliphatic hydroxyl groups excluding tert-OH is 1. The molecule has 0 atom stereocenters. The van der Waals surface area contributed by atoms with Gasteiger partial charge in [-0.2, -0.15) is 0 Å². The van der Waals surface area contributed by atoms with Gasteiger partial charge in [0.1, 0.15) is 11.6 Å². The normalized spacial score (nSPS) is 10.9. The number of halogens is 2. The summed E-state index contributed by atoms with van der Waals surface area (Å²) in [7, 11) is 0. The van der Waals surface area contributed by atoms with Gasteiger partial charge in [-0.05, 0) is 41.1 Å². The Balaban J connectivity index is 2.46. The van der Waals surface area contributed by atoms with Crippen LogP contribution in [-0.2, 0) is 0 Å². The van der Waals surface area contributed by atoms with Crippen molar-refractivity contribution >= 4 is 32.7 Å². The molecule has 0 saturated heterocycles. The number of aromatic nitrogens is 1. The summed E-state index contributed by atoms with van der Waals surface area (Å²) in [6, 6.07) is 6.91. The molecule has 3 nitrogen and oxygen atoms in total. The number of likely N-dealkylation sites (N-methyl/N-ethyl adjacent to an activating group) is 1. The maximum atomic E-state index is 13.5. The molecular formula is C13H14BrFN2O. The van der Waals surface area contributed by atoms with E-state index in [-0.39, 0.29) is 12.4 Å². The summed E-state index contributed by atoms with van der Waals surface area (Å²) >= 11 is 3.16. The van der Waals surface area contributed by atoms with Crippen molar-refractivity contribution in [1.82, 2.24) is 4.98 Å². The zero-order chi connectivity index (χ0) is 13.1. The number of hydrogen-bond acceptors (Lipinski definition) is 3. The lowest BCUT2D eigenvalue weighted by Crippen LogP contribution is -2.26. The number of aliphatic hydroxyl groups is 1. The third-order valence-corrected chi connectivity index (χ3v) is 3.40. The van der Waals surface area contributed by atoms with Crippen LogP contribution in [0, 0.1) is 5.82 Å². The first-order valence-corrected chi connectivity index (χ1v) is 6.56. The summed E-state index contributed by atoms with van der Waals surface area (Å²) in [4.78, 5) is 6.36. The average molecular weight is 313 g/mol. The number of pyridine rings is 1. The van der Waals surface area contributed by atoms with Gasteiger partial charge in [-0.25, -0.2) is 9.37 Å². The first-order valence-electron chi connectivity index (χ1n) is 5.77. The monoisotopic (exact) mass is 312 g/mol. The van der Waals surface area contributed by atoms with Gasteiger partial charge in [0.25, 0.3) is 0 Å². The van der Waals surface area contributed by atoms with Crippen molar-refractivity contribution in [2.75, 3.05) is 24.6 Å². The highest BCUT2D eigenvalue weighted by Gasteiger charge is 2.08. The van der Waals surface area contributed by atoms with Crippen molar-refractivity contribution in [1.29, 1.82) is 0 Å². The van der Waals surface area contributed by atoms with Gasteiger partial charge in [0.15, 0.2) is 0 Å². The third kappa shape index (κ3) is 2.62. The molecule has 0 fully saturated rings. The van der Waals surface area contributed by atoms with E-state index in [2.05, 4.69) is 20.9 Å². The van der Waals surface area contributed by atoms with Crippen LogP contribution in [0.5, 0.6) is 0 Å². The molecule has 96 valence electrons. The van der Waals surface area contributed by atoms with E-state index in [1.165, 1.54) is 6.07 Å². The van der Waals surface area contributed by atoms with Crippen LogP contribution < -0.4 is 4.90 Å². The maximum Gasteiger partial charge on any atom is 0.139 e. The molecule has 5 heteroatoms. The van der Waals surface area contributed by atoms with Crippen LogP contribution in [0.3, 0.4) is 0 Å². The van der Waals surface area contributed by atoms with E-state index in [0.29, 0.717) is 16.5 Å². The Bertz CT molecular complexity index is 562. The summed E-state index contributed by atoms with van der Waals surface area (Å²) < 4.78 is 13.9. The van der Waals surface area contributed by atoms with E-state index in [4.69, 9.17) is 5.11 Å². The van der Waals surface area contributed by atoms with Gasteiger partial charge in [0, 0.05) is 24.5 Å². The lowest BCUT2D eigenvalue weighted by molar-refractivity contribution is 0.302. The van der Waals surface area contributed by atoms with Crippen molar-refractivity contribution in [3.8, 4) is 0 Å². The predicted molar refractivity (Wildman–Crippen MR) is 74.4 cm³/mol. The zero-order valence-corrected chi connectivity index (χ0v) is 11.6. The molecule has 0 spiro atoms. The highest BCUT2D eigenvalue weighted by atomic mass is 79.9. The molecule has 1 aromatic carbocycles. The van der Waals surface area contributed by atoms with Gasteiger partial charge in [-0.1, -0.05) is 0 Å². The Morgan fingerprint density at radius 2 is 2.17 bits per heavy atom. The summed E-state index contributed by atoms with van der Waals surface area (Å²) in [5.74, 6) is 0.429. The van der Waals surface area contributed by atoms with Crippen LogP contribution in [-0.4, -0.2) is 29.8 Å². The maximum absolute atomic E-state index is 13.5. The van der Waals surface area contributed by atoms with Crippen LogP contribution in [0.2, 0.25) is 0 Å². The highest BCUT2D eigenvalue weighted by Crippen LogP contribution is 2.24. The lowest BCUT2D eigenvalue weighted by atomic mass is 10.2. The van der Waals surface area contributed by atoms with Gasteiger partial charge in [0.2, 0.25) is 0 Å². The highest BCUT2D eigenvalue weighted by molar-refractivity contribution is 9.10. The molecule has 0 aliphatic heterocycles. The Morgan fingerprint density at radius 1 is 1.39 bits per heavy atom. The van der Waals surface area contributed by atoms with E-state index in [9.17, 15) is 4.39 Å². The molecule has 1 heterocycles. The van der Waals surface area contributed by atoms with E-state index in [0.717, 1.165) is 17.7 Å². The summed E-state index contributed by atoms with van der Waals surface area (Å²) in [5.41, 5.74) is 0.615. The van der Waals surface area contributed by atoms with Crippen LogP contribution in [0.1, 0.15) is 6.92 Å². The van der Waals surface area contributed by atoms with Crippen LogP contribution in [0.25, 0.3) is 10.9 Å². The number of anilines is 1. The fourth-order valence-corrected chi connectivity index (χ4v) is 2.20. The van der Waals surface area contributed by atoms with Gasteiger partial charge in [-0.15, -0.1) is 0 Å². The van der Waals surface area contributed by atoms with Crippen molar-refractivity contribution in [3.63, 3.8) is 0 Å². The Morgan fingerprint density at radius 3 is 2.83 bits per heavy atom. The van der Waals surface area contributed by atoms with Crippen molar-refractivity contribution in [2.24, 2.45) is 0 Å². The molecule has 0 aliphatic carbocycles. The SMILES string of the molecule is CCN(CCO)c1ccc2cc(Br)c(F)cc2n1. The summed E-state index contributed by atoms with van der Waals surface area (Å²) in [6.07, 6.45) is 0. The second kappa shape index (κ2) is 5.63. The fourth-order valence-electron chi connectivity index (χ4n) is 1.84. The topological polar surface area (TPSA) is 36.4 Å². The first kappa shape index (κ1) is 13.2. The minimum atomic E-state index is -0.322. The van der Waals surface area contributed by atoms with Crippen molar-refractivity contribution < 1.29 is 9.50 Å². The quantitative estimate of drug-likeness (QED) is 0.943. The molecule has 0 amide bonds. The Labute approximate surface area is 113 Å². The molecule has 0 saturated carbocycles. The van der Waals surface area contributed by atoms with Crippen LogP contribution in [0.15, 0.2) is 28.7 Å².